The lowest BCUT2D eigenvalue weighted by molar-refractivity contribution is 0.575. The van der Waals surface area contributed by atoms with Crippen molar-refractivity contribution in [1.82, 2.24) is 10.0 Å². The normalized spacial score (nSPS) is 11.6. The monoisotopic (exact) mass is 256 g/mol. The van der Waals surface area contributed by atoms with E-state index >= 15 is 0 Å². The van der Waals surface area contributed by atoms with Crippen LogP contribution in [-0.2, 0) is 10.0 Å². The van der Waals surface area contributed by atoms with E-state index in [4.69, 9.17) is 0 Å². The highest BCUT2D eigenvalue weighted by Crippen LogP contribution is 2.09. The first-order valence-corrected chi connectivity index (χ1v) is 7.31. The van der Waals surface area contributed by atoms with Crippen molar-refractivity contribution in [3.63, 3.8) is 0 Å². The molecular weight excluding hydrogens is 236 g/mol. The summed E-state index contributed by atoms with van der Waals surface area (Å²) in [6.07, 6.45) is 1.05. The lowest BCUT2D eigenvalue weighted by atomic mass is 10.2. The van der Waals surface area contributed by atoms with E-state index in [0.717, 1.165) is 18.5 Å². The molecule has 0 atom stereocenters. The van der Waals surface area contributed by atoms with Gasteiger partial charge in [-0.2, -0.15) is 0 Å². The molecule has 0 aliphatic carbocycles. The van der Waals surface area contributed by atoms with Gasteiger partial charge in [-0.05, 0) is 37.6 Å². The number of nitrogens with one attached hydrogen (secondary N) is 2. The predicted molar refractivity (Wildman–Crippen MR) is 69.5 cm³/mol. The van der Waals surface area contributed by atoms with Gasteiger partial charge in [0.05, 0.1) is 4.90 Å². The summed E-state index contributed by atoms with van der Waals surface area (Å²) in [7, 11) is -3.36. The first kappa shape index (κ1) is 14.2. The molecule has 0 unspecified atom stereocenters. The van der Waals surface area contributed by atoms with Gasteiger partial charge in [-0.1, -0.05) is 19.1 Å². The summed E-state index contributed by atoms with van der Waals surface area (Å²) in [5.74, 6) is 0. The minimum Gasteiger partial charge on any atom is -0.315 e. The van der Waals surface area contributed by atoms with Crippen LogP contribution >= 0.6 is 0 Å². The Labute approximate surface area is 103 Å². The number of sulfonamides is 1. The molecule has 5 heteroatoms. The van der Waals surface area contributed by atoms with Crippen molar-refractivity contribution in [2.24, 2.45) is 0 Å². The number of rotatable bonds is 7. The molecule has 0 aliphatic heterocycles. The highest BCUT2D eigenvalue weighted by Gasteiger charge is 2.12. The van der Waals surface area contributed by atoms with Crippen molar-refractivity contribution >= 4 is 10.0 Å². The second-order valence-electron chi connectivity index (χ2n) is 3.96. The van der Waals surface area contributed by atoms with Crippen molar-refractivity contribution < 1.29 is 8.42 Å². The van der Waals surface area contributed by atoms with E-state index in [0.29, 0.717) is 18.0 Å². The average Bonchev–Trinajstić information content (AvgIpc) is 2.29. The van der Waals surface area contributed by atoms with Crippen LogP contribution in [0, 0.1) is 6.92 Å². The van der Waals surface area contributed by atoms with E-state index in [1.807, 2.05) is 13.0 Å². The molecule has 4 nitrogen and oxygen atoms in total. The Kier molecular flexibility index (Phi) is 5.61. The van der Waals surface area contributed by atoms with Gasteiger partial charge in [0, 0.05) is 13.1 Å². The topological polar surface area (TPSA) is 58.2 Å². The summed E-state index contributed by atoms with van der Waals surface area (Å²) in [6.45, 7) is 5.92. The molecule has 2 N–H and O–H groups in total. The molecule has 0 saturated carbocycles. The van der Waals surface area contributed by atoms with Gasteiger partial charge in [-0.15, -0.1) is 0 Å². The molecule has 1 aromatic rings. The fourth-order valence-electron chi connectivity index (χ4n) is 1.44. The Hall–Kier alpha value is -0.910. The van der Waals surface area contributed by atoms with Gasteiger partial charge < -0.3 is 5.32 Å². The molecule has 17 heavy (non-hydrogen) atoms. The lowest BCUT2D eigenvalue weighted by Gasteiger charge is -2.07. The number of benzene rings is 1. The molecule has 1 aromatic carbocycles. The Balaban J connectivity index is 2.51. The minimum atomic E-state index is -3.36. The second kappa shape index (κ2) is 6.74. The van der Waals surface area contributed by atoms with Crippen LogP contribution in [0.25, 0.3) is 0 Å². The van der Waals surface area contributed by atoms with Crippen molar-refractivity contribution in [1.29, 1.82) is 0 Å². The minimum absolute atomic E-state index is 0.327. The van der Waals surface area contributed by atoms with E-state index in [-0.39, 0.29) is 0 Å². The zero-order chi connectivity index (χ0) is 12.7. The molecule has 0 bridgehead atoms. The highest BCUT2D eigenvalue weighted by atomic mass is 32.2. The van der Waals surface area contributed by atoms with E-state index in [2.05, 4.69) is 17.0 Å². The lowest BCUT2D eigenvalue weighted by Crippen LogP contribution is -2.32. The van der Waals surface area contributed by atoms with Crippen LogP contribution in [0.4, 0.5) is 0 Å². The Morgan fingerprint density at radius 2 is 1.94 bits per heavy atom. The van der Waals surface area contributed by atoms with Gasteiger partial charge in [-0.3, -0.25) is 0 Å². The quantitative estimate of drug-likeness (QED) is 0.722. The molecule has 96 valence electrons. The first-order chi connectivity index (χ1) is 8.06. The van der Waals surface area contributed by atoms with Crippen LogP contribution in [-0.4, -0.2) is 28.1 Å². The molecular formula is C12H20N2O2S. The molecule has 1 rings (SSSR count). The van der Waals surface area contributed by atoms with Crippen molar-refractivity contribution in [3.8, 4) is 0 Å². The molecule has 0 spiro atoms. The standard InChI is InChI=1S/C12H20N2O2S/c1-3-7-13-8-9-14-17(15,16)12-6-4-5-11(2)10-12/h4-6,10,13-14H,3,7-9H2,1-2H3. The summed E-state index contributed by atoms with van der Waals surface area (Å²) in [6, 6.07) is 6.90. The molecule has 0 aromatic heterocycles. The van der Waals surface area contributed by atoms with Crippen molar-refractivity contribution in [2.45, 2.75) is 25.2 Å². The van der Waals surface area contributed by atoms with Gasteiger partial charge in [0.25, 0.3) is 0 Å². The average molecular weight is 256 g/mol. The molecule has 0 fully saturated rings. The number of aryl methyl sites for hydroxylation is 1. The maximum Gasteiger partial charge on any atom is 0.240 e. The number of hydrogen-bond donors (Lipinski definition) is 2. The highest BCUT2D eigenvalue weighted by molar-refractivity contribution is 7.89. The third kappa shape index (κ3) is 4.85. The second-order valence-corrected chi connectivity index (χ2v) is 5.73. The molecule has 0 amide bonds. The van der Waals surface area contributed by atoms with Crippen LogP contribution in [0.2, 0.25) is 0 Å². The summed E-state index contributed by atoms with van der Waals surface area (Å²) in [4.78, 5) is 0.327. The van der Waals surface area contributed by atoms with Crippen LogP contribution in [0.1, 0.15) is 18.9 Å². The largest absolute Gasteiger partial charge is 0.315 e. The number of hydrogen-bond acceptors (Lipinski definition) is 3. The van der Waals surface area contributed by atoms with Crippen LogP contribution in [0.3, 0.4) is 0 Å². The van der Waals surface area contributed by atoms with E-state index in [1.165, 1.54) is 0 Å². The van der Waals surface area contributed by atoms with Gasteiger partial charge in [0.15, 0.2) is 0 Å². The predicted octanol–water partition coefficient (Wildman–Crippen LogP) is 1.27. The van der Waals surface area contributed by atoms with Crippen LogP contribution < -0.4 is 10.0 Å². The third-order valence-electron chi connectivity index (χ3n) is 2.32. The molecule has 0 saturated heterocycles. The van der Waals surface area contributed by atoms with Crippen LogP contribution in [0.5, 0.6) is 0 Å². The summed E-state index contributed by atoms with van der Waals surface area (Å²) in [5.41, 5.74) is 0.942. The summed E-state index contributed by atoms with van der Waals surface area (Å²) >= 11 is 0. The third-order valence-corrected chi connectivity index (χ3v) is 3.78. The zero-order valence-corrected chi connectivity index (χ0v) is 11.2. The molecule has 0 aliphatic rings. The molecule has 0 radical (unpaired) electrons. The maximum atomic E-state index is 11.9. The van der Waals surface area contributed by atoms with Gasteiger partial charge >= 0.3 is 0 Å². The molecule has 0 heterocycles. The van der Waals surface area contributed by atoms with Gasteiger partial charge in [0.2, 0.25) is 10.0 Å². The fourth-order valence-corrected chi connectivity index (χ4v) is 2.58. The van der Waals surface area contributed by atoms with Gasteiger partial charge in [-0.25, -0.2) is 13.1 Å². The van der Waals surface area contributed by atoms with Crippen molar-refractivity contribution in [2.75, 3.05) is 19.6 Å². The fraction of sp³-hybridized carbons (Fsp3) is 0.500. The zero-order valence-electron chi connectivity index (χ0n) is 10.4. The summed E-state index contributed by atoms with van der Waals surface area (Å²) < 4.78 is 26.3. The van der Waals surface area contributed by atoms with E-state index < -0.39 is 10.0 Å². The van der Waals surface area contributed by atoms with Crippen molar-refractivity contribution in [3.05, 3.63) is 29.8 Å². The van der Waals surface area contributed by atoms with Gasteiger partial charge in [0.1, 0.15) is 0 Å². The first-order valence-electron chi connectivity index (χ1n) is 5.83. The Bertz CT molecular complexity index is 444. The maximum absolute atomic E-state index is 11.9. The van der Waals surface area contributed by atoms with E-state index in [1.54, 1.807) is 18.2 Å². The smallest absolute Gasteiger partial charge is 0.240 e. The Morgan fingerprint density at radius 1 is 1.18 bits per heavy atom. The van der Waals surface area contributed by atoms with E-state index in [9.17, 15) is 8.42 Å². The summed E-state index contributed by atoms with van der Waals surface area (Å²) in [5, 5.41) is 3.14. The van der Waals surface area contributed by atoms with Crippen LogP contribution in [0.15, 0.2) is 29.2 Å². The Morgan fingerprint density at radius 3 is 2.59 bits per heavy atom. The SMILES string of the molecule is CCCNCCNS(=O)(=O)c1cccc(C)c1.